The number of ether oxygens (including phenoxy) is 4. The minimum atomic E-state index is -1.79. The molecule has 380 valence electrons. The fourth-order valence-electron chi connectivity index (χ4n) is 7.79. The molecule has 14 heteroatoms. The number of aliphatic hydroxyl groups excluding tert-OH is 8. The highest BCUT2D eigenvalue weighted by Crippen LogP contribution is 2.30. The number of rotatable bonds is 37. The first kappa shape index (κ1) is 59.6. The molecule has 0 aromatic heterocycles. The first-order chi connectivity index (χ1) is 32.1. The molecular formula is C52H89NO13. The summed E-state index contributed by atoms with van der Waals surface area (Å²) in [5.74, 6) is -0.255. The molecule has 2 heterocycles. The number of hydrogen-bond acceptors (Lipinski definition) is 13. The molecule has 0 saturated carbocycles. The van der Waals surface area contributed by atoms with Crippen molar-refractivity contribution in [2.24, 2.45) is 0 Å². The summed E-state index contributed by atoms with van der Waals surface area (Å²) in [5, 5.41) is 86.2. The topological polar surface area (TPSA) is 228 Å². The van der Waals surface area contributed by atoms with Crippen LogP contribution in [-0.2, 0) is 23.7 Å². The van der Waals surface area contributed by atoms with Gasteiger partial charge in [-0.3, -0.25) is 4.79 Å². The largest absolute Gasteiger partial charge is 0.394 e. The Bertz CT molecular complexity index is 1380. The van der Waals surface area contributed by atoms with Crippen LogP contribution in [0.2, 0.25) is 0 Å². The summed E-state index contributed by atoms with van der Waals surface area (Å²) in [6.07, 6.45) is 31.6. The van der Waals surface area contributed by atoms with Crippen LogP contribution in [0.25, 0.3) is 0 Å². The Morgan fingerprint density at radius 3 is 1.61 bits per heavy atom. The van der Waals surface area contributed by atoms with E-state index in [0.29, 0.717) is 6.42 Å². The zero-order valence-corrected chi connectivity index (χ0v) is 40.2. The molecule has 12 atom stereocenters. The van der Waals surface area contributed by atoms with Gasteiger partial charge in [0, 0.05) is 6.42 Å². The summed E-state index contributed by atoms with van der Waals surface area (Å²) in [4.78, 5) is 13.1. The van der Waals surface area contributed by atoms with E-state index >= 15 is 0 Å². The first-order valence-corrected chi connectivity index (χ1v) is 25.2. The van der Waals surface area contributed by atoms with Crippen molar-refractivity contribution in [1.82, 2.24) is 5.32 Å². The molecule has 0 bridgehead atoms. The summed E-state index contributed by atoms with van der Waals surface area (Å²) >= 11 is 0. The van der Waals surface area contributed by atoms with Gasteiger partial charge in [0.05, 0.1) is 32.0 Å². The van der Waals surface area contributed by atoms with Crippen molar-refractivity contribution in [2.45, 2.75) is 229 Å². The van der Waals surface area contributed by atoms with Crippen molar-refractivity contribution in [2.75, 3.05) is 19.8 Å². The van der Waals surface area contributed by atoms with E-state index in [9.17, 15) is 45.6 Å². The summed E-state index contributed by atoms with van der Waals surface area (Å²) in [7, 11) is 0. The Hall–Kier alpha value is -2.57. The second-order valence-corrected chi connectivity index (χ2v) is 17.6. The molecule has 2 aliphatic rings. The molecule has 9 N–H and O–H groups in total. The van der Waals surface area contributed by atoms with Crippen molar-refractivity contribution < 1.29 is 64.6 Å². The fourth-order valence-corrected chi connectivity index (χ4v) is 7.79. The Morgan fingerprint density at radius 1 is 0.561 bits per heavy atom. The minimum Gasteiger partial charge on any atom is -0.394 e. The molecule has 66 heavy (non-hydrogen) atoms. The lowest BCUT2D eigenvalue weighted by Crippen LogP contribution is -2.65. The van der Waals surface area contributed by atoms with Crippen LogP contribution < -0.4 is 5.32 Å². The predicted molar refractivity (Wildman–Crippen MR) is 258 cm³/mol. The maximum Gasteiger partial charge on any atom is 0.220 e. The van der Waals surface area contributed by atoms with Gasteiger partial charge in [-0.15, -0.1) is 0 Å². The average Bonchev–Trinajstić information content (AvgIpc) is 3.31. The lowest BCUT2D eigenvalue weighted by molar-refractivity contribution is -0.359. The highest BCUT2D eigenvalue weighted by atomic mass is 16.7. The van der Waals surface area contributed by atoms with Crippen LogP contribution in [0.3, 0.4) is 0 Å². The summed E-state index contributed by atoms with van der Waals surface area (Å²) in [6.45, 7) is 2.52. The standard InChI is InChI=1S/C52H89NO13/c1-3-5-7-9-10-11-12-13-14-15-16-17-18-19-20-21-22-23-24-25-26-27-28-29-30-32-34-36-44(57)53-40(41(56)35-33-31-8-6-4-2)39-63-51-49(62)47(60)50(43(38-55)65-51)66-52-48(61)46(59)45(58)42(37-54)64-52/h5,7,10-11,13-14,16-17,19-20,33,35,40-43,45-52,54-56,58-62H,3-4,6,8-9,12,15,18,21-32,34,36-39H2,1-2H3,(H,53,57)/b7-5-,11-10-,14-13-,17-16-,20-19-,35-33+. The van der Waals surface area contributed by atoms with E-state index in [2.05, 4.69) is 79.9 Å². The number of hydrogen-bond donors (Lipinski definition) is 9. The lowest BCUT2D eigenvalue weighted by atomic mass is 9.97. The van der Waals surface area contributed by atoms with Gasteiger partial charge < -0.3 is 65.1 Å². The molecule has 0 spiro atoms. The molecule has 0 aromatic rings. The molecule has 2 aliphatic heterocycles. The average molecular weight is 936 g/mol. The number of aliphatic hydroxyl groups is 8. The van der Waals surface area contributed by atoms with E-state index in [1.165, 1.54) is 44.9 Å². The molecule has 12 unspecified atom stereocenters. The van der Waals surface area contributed by atoms with Crippen LogP contribution in [0.15, 0.2) is 72.9 Å². The smallest absolute Gasteiger partial charge is 0.220 e. The SMILES string of the molecule is CC/C=C\C/C=C\C/C=C\C/C=C\C/C=C\CCCCCCCCCCCCCC(=O)NC(COC1OC(CO)C(OC2OC(CO)C(O)C(O)C2O)C(O)C1O)C(O)/C=C/CCCCC. The molecule has 1 amide bonds. The highest BCUT2D eigenvalue weighted by molar-refractivity contribution is 5.76. The number of nitrogens with one attached hydrogen (secondary N) is 1. The van der Waals surface area contributed by atoms with Gasteiger partial charge in [-0.25, -0.2) is 0 Å². The predicted octanol–water partition coefficient (Wildman–Crippen LogP) is 6.43. The number of carbonyl (C=O) groups excluding carboxylic acids is 1. The van der Waals surface area contributed by atoms with Gasteiger partial charge in [0.2, 0.25) is 5.91 Å². The highest BCUT2D eigenvalue weighted by Gasteiger charge is 2.51. The quantitative estimate of drug-likeness (QED) is 0.0242. The van der Waals surface area contributed by atoms with Gasteiger partial charge >= 0.3 is 0 Å². The molecular weight excluding hydrogens is 847 g/mol. The molecule has 0 radical (unpaired) electrons. The van der Waals surface area contributed by atoms with Crippen LogP contribution >= 0.6 is 0 Å². The van der Waals surface area contributed by atoms with Gasteiger partial charge in [0.15, 0.2) is 12.6 Å². The fraction of sp³-hybridized carbons (Fsp3) is 0.750. The van der Waals surface area contributed by atoms with Crippen molar-refractivity contribution in [3.05, 3.63) is 72.9 Å². The molecule has 0 aromatic carbocycles. The van der Waals surface area contributed by atoms with Gasteiger partial charge in [-0.05, 0) is 64.2 Å². The van der Waals surface area contributed by atoms with Crippen molar-refractivity contribution in [3.8, 4) is 0 Å². The monoisotopic (exact) mass is 936 g/mol. The first-order valence-electron chi connectivity index (χ1n) is 25.2. The lowest BCUT2D eigenvalue weighted by Gasteiger charge is -2.46. The van der Waals surface area contributed by atoms with Gasteiger partial charge in [-0.1, -0.05) is 157 Å². The van der Waals surface area contributed by atoms with E-state index in [-0.39, 0.29) is 18.9 Å². The molecule has 2 fully saturated rings. The van der Waals surface area contributed by atoms with E-state index in [4.69, 9.17) is 18.9 Å². The van der Waals surface area contributed by atoms with Crippen molar-refractivity contribution in [3.63, 3.8) is 0 Å². The molecule has 2 saturated heterocycles. The zero-order chi connectivity index (χ0) is 48.2. The number of allylic oxidation sites excluding steroid dienone is 11. The van der Waals surface area contributed by atoms with Gasteiger partial charge in [0.25, 0.3) is 0 Å². The van der Waals surface area contributed by atoms with Crippen LogP contribution in [0, 0.1) is 0 Å². The Kier molecular flexibility index (Phi) is 34.6. The van der Waals surface area contributed by atoms with Crippen LogP contribution in [-0.4, -0.2) is 140 Å². The molecule has 2 rings (SSSR count). The van der Waals surface area contributed by atoms with Crippen LogP contribution in [0.5, 0.6) is 0 Å². The third-order valence-corrected chi connectivity index (χ3v) is 11.9. The Balaban J connectivity index is 1.65. The van der Waals surface area contributed by atoms with E-state index in [1.807, 2.05) is 6.08 Å². The number of amides is 1. The Morgan fingerprint density at radius 2 is 1.05 bits per heavy atom. The van der Waals surface area contributed by atoms with Gasteiger partial charge in [0.1, 0.15) is 48.8 Å². The third kappa shape index (κ3) is 25.2. The summed E-state index contributed by atoms with van der Waals surface area (Å²) in [6, 6.07) is -0.915. The summed E-state index contributed by atoms with van der Waals surface area (Å²) < 4.78 is 22.5. The summed E-state index contributed by atoms with van der Waals surface area (Å²) in [5.41, 5.74) is 0. The van der Waals surface area contributed by atoms with E-state index < -0.39 is 86.8 Å². The zero-order valence-electron chi connectivity index (χ0n) is 40.2. The second kappa shape index (κ2) is 38.3. The molecule has 0 aliphatic carbocycles. The van der Waals surface area contributed by atoms with Crippen molar-refractivity contribution in [1.29, 1.82) is 0 Å². The maximum atomic E-state index is 13.1. The van der Waals surface area contributed by atoms with Crippen molar-refractivity contribution >= 4 is 5.91 Å². The molecule has 14 nitrogen and oxygen atoms in total. The van der Waals surface area contributed by atoms with Crippen LogP contribution in [0.1, 0.15) is 155 Å². The van der Waals surface area contributed by atoms with Gasteiger partial charge in [-0.2, -0.15) is 0 Å². The Labute approximate surface area is 396 Å². The van der Waals surface area contributed by atoms with E-state index in [1.54, 1.807) is 6.08 Å². The number of unbranched alkanes of at least 4 members (excludes halogenated alkanes) is 14. The number of carbonyl (C=O) groups is 1. The second-order valence-electron chi connectivity index (χ2n) is 17.6. The van der Waals surface area contributed by atoms with Crippen LogP contribution in [0.4, 0.5) is 0 Å². The maximum absolute atomic E-state index is 13.1. The normalized spacial score (nSPS) is 27.4. The third-order valence-electron chi connectivity index (χ3n) is 11.9. The van der Waals surface area contributed by atoms with E-state index in [0.717, 1.165) is 83.5 Å². The minimum absolute atomic E-state index is 0.255.